The lowest BCUT2D eigenvalue weighted by Crippen LogP contribution is -2.24. The minimum absolute atomic E-state index is 0.0290. The number of para-hydroxylation sites is 2. The van der Waals surface area contributed by atoms with Gasteiger partial charge in [-0.05, 0) is 30.8 Å². The van der Waals surface area contributed by atoms with Crippen molar-refractivity contribution in [3.05, 3.63) is 58.1 Å². The molecule has 2 aromatic carbocycles. The summed E-state index contributed by atoms with van der Waals surface area (Å²) < 4.78 is 16.0. The van der Waals surface area contributed by atoms with Gasteiger partial charge in [-0.15, -0.1) is 0 Å². The van der Waals surface area contributed by atoms with Crippen LogP contribution in [0.15, 0.2) is 42.5 Å². The Morgan fingerprint density at radius 2 is 1.72 bits per heavy atom. The molecule has 0 radical (unpaired) electrons. The minimum atomic E-state index is -0.437. The molecule has 2 rings (SSSR count). The maximum absolute atomic E-state index is 11.1. The molecule has 0 aliphatic heterocycles. The van der Waals surface area contributed by atoms with Gasteiger partial charge in [-0.2, -0.15) is 0 Å². The molecule has 0 bridgehead atoms. The van der Waals surface area contributed by atoms with Gasteiger partial charge in [-0.3, -0.25) is 15.0 Å². The molecule has 0 N–H and O–H groups in total. The maximum atomic E-state index is 11.1. The zero-order valence-corrected chi connectivity index (χ0v) is 14.6. The summed E-state index contributed by atoms with van der Waals surface area (Å²) >= 11 is 0. The number of benzene rings is 2. The summed E-state index contributed by atoms with van der Waals surface area (Å²) in [6, 6.07) is 12.4. The zero-order valence-electron chi connectivity index (χ0n) is 14.6. The van der Waals surface area contributed by atoms with E-state index >= 15 is 0 Å². The molecule has 25 heavy (non-hydrogen) atoms. The van der Waals surface area contributed by atoms with Crippen LogP contribution in [0.3, 0.4) is 0 Å². The number of hydrogen-bond donors (Lipinski definition) is 0. The summed E-state index contributed by atoms with van der Waals surface area (Å²) in [5.74, 6) is 1.64. The molecule has 0 atom stereocenters. The van der Waals surface area contributed by atoms with Crippen molar-refractivity contribution in [1.29, 1.82) is 0 Å². The molecule has 7 nitrogen and oxygen atoms in total. The van der Waals surface area contributed by atoms with E-state index in [9.17, 15) is 10.1 Å². The lowest BCUT2D eigenvalue weighted by molar-refractivity contribution is -0.385. The molecule has 0 saturated heterocycles. The third kappa shape index (κ3) is 5.09. The number of ether oxygens (including phenoxy) is 3. The van der Waals surface area contributed by atoms with Gasteiger partial charge in [0, 0.05) is 19.2 Å². The summed E-state index contributed by atoms with van der Waals surface area (Å²) in [6.07, 6.45) is 0. The summed E-state index contributed by atoms with van der Waals surface area (Å²) in [6.45, 7) is 1.72. The van der Waals surface area contributed by atoms with E-state index < -0.39 is 4.92 Å². The van der Waals surface area contributed by atoms with Gasteiger partial charge >= 0.3 is 5.69 Å². The van der Waals surface area contributed by atoms with Crippen molar-refractivity contribution < 1.29 is 19.1 Å². The second kappa shape index (κ2) is 8.89. The van der Waals surface area contributed by atoms with Crippen molar-refractivity contribution in [3.8, 4) is 17.2 Å². The van der Waals surface area contributed by atoms with Gasteiger partial charge in [0.1, 0.15) is 6.61 Å². The molecular formula is C18H22N2O5. The third-order valence-corrected chi connectivity index (χ3v) is 3.69. The summed E-state index contributed by atoms with van der Waals surface area (Å²) in [5, 5.41) is 11.1. The zero-order chi connectivity index (χ0) is 18.2. The van der Waals surface area contributed by atoms with Crippen molar-refractivity contribution in [2.24, 2.45) is 0 Å². The summed E-state index contributed by atoms with van der Waals surface area (Å²) in [4.78, 5) is 12.7. The minimum Gasteiger partial charge on any atom is -0.493 e. The largest absolute Gasteiger partial charge is 0.493 e. The Morgan fingerprint density at radius 3 is 2.36 bits per heavy atom. The number of nitrogens with zero attached hydrogens (tertiary/aromatic N) is 2. The number of nitro benzene ring substituents is 1. The lowest BCUT2D eigenvalue weighted by atomic mass is 10.2. The fourth-order valence-corrected chi connectivity index (χ4v) is 2.42. The highest BCUT2D eigenvalue weighted by atomic mass is 16.6. The Hall–Kier alpha value is -2.80. The second-order valence-corrected chi connectivity index (χ2v) is 5.50. The van der Waals surface area contributed by atoms with Crippen molar-refractivity contribution in [1.82, 2.24) is 4.90 Å². The fraction of sp³-hybridized carbons (Fsp3) is 0.333. The van der Waals surface area contributed by atoms with Gasteiger partial charge < -0.3 is 14.2 Å². The van der Waals surface area contributed by atoms with Gasteiger partial charge in [0.05, 0.1) is 19.1 Å². The van der Waals surface area contributed by atoms with Crippen LogP contribution in [0.5, 0.6) is 17.2 Å². The normalized spacial score (nSPS) is 10.6. The highest BCUT2D eigenvalue weighted by Crippen LogP contribution is 2.28. The molecule has 0 fully saturated rings. The van der Waals surface area contributed by atoms with Crippen LogP contribution in [-0.4, -0.2) is 44.2 Å². The first kappa shape index (κ1) is 18.5. The number of likely N-dealkylation sites (N-methyl/N-ethyl adjacent to an activating group) is 1. The quantitative estimate of drug-likeness (QED) is 0.513. The van der Waals surface area contributed by atoms with Crippen LogP contribution >= 0.6 is 0 Å². The highest BCUT2D eigenvalue weighted by Gasteiger charge is 2.15. The Morgan fingerprint density at radius 1 is 1.04 bits per heavy atom. The van der Waals surface area contributed by atoms with Crippen molar-refractivity contribution in [2.75, 3.05) is 34.4 Å². The molecule has 2 aromatic rings. The highest BCUT2D eigenvalue weighted by molar-refractivity contribution is 5.48. The molecular weight excluding hydrogens is 324 g/mol. The van der Waals surface area contributed by atoms with Crippen LogP contribution in [-0.2, 0) is 6.54 Å². The van der Waals surface area contributed by atoms with E-state index in [-0.39, 0.29) is 11.4 Å². The van der Waals surface area contributed by atoms with E-state index in [1.807, 2.05) is 42.3 Å². The van der Waals surface area contributed by atoms with Crippen molar-refractivity contribution >= 4 is 5.69 Å². The molecule has 0 aliphatic rings. The standard InChI is InChI=1S/C18H22N2O5/c1-19(10-11-25-18-7-5-4-6-17(18)24-3)13-14-8-9-16(23-2)15(12-14)20(21)22/h4-9,12H,10-11,13H2,1-3H3. The first-order valence-electron chi connectivity index (χ1n) is 7.80. The molecule has 134 valence electrons. The molecule has 0 spiro atoms. The lowest BCUT2D eigenvalue weighted by Gasteiger charge is -2.18. The molecule has 0 aromatic heterocycles. The van der Waals surface area contributed by atoms with Crippen LogP contribution in [0.25, 0.3) is 0 Å². The molecule has 7 heteroatoms. The van der Waals surface area contributed by atoms with Gasteiger partial charge in [0.2, 0.25) is 0 Å². The average molecular weight is 346 g/mol. The van der Waals surface area contributed by atoms with Crippen LogP contribution in [0.1, 0.15) is 5.56 Å². The van der Waals surface area contributed by atoms with Crippen LogP contribution < -0.4 is 14.2 Å². The van der Waals surface area contributed by atoms with Crippen LogP contribution in [0, 0.1) is 10.1 Å². The number of nitro groups is 1. The van der Waals surface area contributed by atoms with E-state index in [2.05, 4.69) is 0 Å². The van der Waals surface area contributed by atoms with E-state index in [0.29, 0.717) is 31.2 Å². The number of hydrogen-bond acceptors (Lipinski definition) is 6. The first-order chi connectivity index (χ1) is 12.0. The summed E-state index contributed by atoms with van der Waals surface area (Å²) in [5.41, 5.74) is 0.811. The average Bonchev–Trinajstić information content (AvgIpc) is 2.62. The van der Waals surface area contributed by atoms with Gasteiger partial charge in [-0.25, -0.2) is 0 Å². The number of rotatable bonds is 9. The Balaban J connectivity index is 1.91. The number of methoxy groups -OCH3 is 2. The molecule has 0 amide bonds. The third-order valence-electron chi connectivity index (χ3n) is 3.69. The van der Waals surface area contributed by atoms with E-state index in [1.54, 1.807) is 13.2 Å². The van der Waals surface area contributed by atoms with Crippen LogP contribution in [0.4, 0.5) is 5.69 Å². The molecule has 0 aliphatic carbocycles. The van der Waals surface area contributed by atoms with Gasteiger partial charge in [0.15, 0.2) is 17.2 Å². The van der Waals surface area contributed by atoms with Crippen LogP contribution in [0.2, 0.25) is 0 Å². The van der Waals surface area contributed by atoms with E-state index in [1.165, 1.54) is 13.2 Å². The Bertz CT molecular complexity index is 720. The second-order valence-electron chi connectivity index (χ2n) is 5.50. The van der Waals surface area contributed by atoms with E-state index in [4.69, 9.17) is 14.2 Å². The Kier molecular flexibility index (Phi) is 6.59. The smallest absolute Gasteiger partial charge is 0.311 e. The molecule has 0 heterocycles. The first-order valence-corrected chi connectivity index (χ1v) is 7.80. The topological polar surface area (TPSA) is 74.1 Å². The predicted molar refractivity (Wildman–Crippen MR) is 94.5 cm³/mol. The SMILES string of the molecule is COc1ccccc1OCCN(C)Cc1ccc(OC)c([N+](=O)[O-])c1. The molecule has 0 saturated carbocycles. The van der Waals surface area contributed by atoms with Gasteiger partial charge in [0.25, 0.3) is 0 Å². The van der Waals surface area contributed by atoms with Crippen molar-refractivity contribution in [3.63, 3.8) is 0 Å². The monoisotopic (exact) mass is 346 g/mol. The Labute approximate surface area is 146 Å². The van der Waals surface area contributed by atoms with Gasteiger partial charge in [-0.1, -0.05) is 18.2 Å². The predicted octanol–water partition coefficient (Wildman–Crippen LogP) is 3.12. The summed E-state index contributed by atoms with van der Waals surface area (Å²) in [7, 11) is 4.95. The van der Waals surface area contributed by atoms with E-state index in [0.717, 1.165) is 5.56 Å². The van der Waals surface area contributed by atoms with Crippen molar-refractivity contribution in [2.45, 2.75) is 6.54 Å². The fourth-order valence-electron chi connectivity index (χ4n) is 2.42. The maximum Gasteiger partial charge on any atom is 0.311 e. The molecule has 0 unspecified atom stereocenters.